The van der Waals surface area contributed by atoms with Crippen LogP contribution in [0.25, 0.3) is 0 Å². The number of nitrogens with zero attached hydrogens (tertiary/aromatic N) is 3. The second-order valence-corrected chi connectivity index (χ2v) is 35.6. The predicted molar refractivity (Wildman–Crippen MR) is 472 cm³/mol. The monoisotopic (exact) mass is 1890 g/mol. The number of aromatic nitrogens is 3. The Bertz CT molecular complexity index is 2900. The van der Waals surface area contributed by atoms with Crippen molar-refractivity contribution >= 4 is 242 Å². The minimum absolute atomic E-state index is 0.0189. The average Bonchev–Trinajstić information content (AvgIpc) is 0.786. The zero-order chi connectivity index (χ0) is 88.6. The number of hydrogen-bond acceptors (Lipinski definition) is 43. The molecule has 668 valence electrons. The Morgan fingerprint density at radius 2 is 0.379 bits per heavy atom. The van der Waals surface area contributed by atoms with Gasteiger partial charge in [0.15, 0.2) is 0 Å². The minimum atomic E-state index is -1.41. The van der Waals surface area contributed by atoms with E-state index in [1.807, 2.05) is 0 Å². The fourth-order valence-electron chi connectivity index (χ4n) is 8.66. The summed E-state index contributed by atoms with van der Waals surface area (Å²) in [7, 11) is 0. The molecule has 1 rings (SSSR count). The van der Waals surface area contributed by atoms with Crippen LogP contribution in [0.4, 0.5) is 0 Å². The number of ether oxygens (including phenoxy) is 14. The first-order valence-electron chi connectivity index (χ1n) is 36.5. The summed E-state index contributed by atoms with van der Waals surface area (Å²) in [6.07, 6.45) is 0.178. The standard InChI is InChI=1S/C28H46O13S6.C21H33N3O9S3.C21H36O8S4/c29-21(1-7-42)36-15-27(16-37-22(30)2-8-43,17-38-23(31)3-9-44)13-35-14-28(18-39-24(32)4-10-45,19-40-25(33)5-11-46)20-41-26(34)6-12-47;1-13(34)10-16(25)31-7-4-22-19(28)23(5-8-32-17(26)11-14(2)35)21(30)24(20(22)29)6-9-33-18(27)12-15(3)36;1-13(30)5-17(22)26-9-21(10-27-18(23)6-14(2)31,11-28-19(24)7-15(3)32)12-29-20(25)8-16(4)33/h42-47H,1-20H2;13-15,34-36H,4-12H2,1-3H3;13-16,30-33H,5-12H2,1-4H3. The Morgan fingerprint density at radius 1 is 0.241 bits per heavy atom. The van der Waals surface area contributed by atoms with Gasteiger partial charge >= 0.3 is 94.7 Å². The topological polar surface area (TPSA) is 417 Å². The maximum absolute atomic E-state index is 12.9. The molecule has 0 fully saturated rings. The largest absolute Gasteiger partial charge is 0.465 e. The van der Waals surface area contributed by atoms with Gasteiger partial charge < -0.3 is 66.3 Å². The molecule has 0 aliphatic carbocycles. The normalized spacial score (nSPS) is 13.5. The predicted octanol–water partition coefficient (Wildman–Crippen LogP) is 5.06. The third-order valence-corrected chi connectivity index (χ3v) is 17.1. The fourth-order valence-corrected chi connectivity index (χ4v) is 10.8. The van der Waals surface area contributed by atoms with Crippen molar-refractivity contribution in [2.75, 3.05) is 134 Å². The van der Waals surface area contributed by atoms with E-state index < -0.39 is 111 Å². The van der Waals surface area contributed by atoms with E-state index in [0.29, 0.717) is 0 Å². The zero-order valence-electron chi connectivity index (χ0n) is 66.1. The molecular formula is C70H115N3O30S13. The molecule has 1 aromatic rings. The summed E-state index contributed by atoms with van der Waals surface area (Å²) in [5.74, 6) is -6.21. The van der Waals surface area contributed by atoms with Crippen molar-refractivity contribution in [3.05, 3.63) is 31.5 Å². The second kappa shape index (κ2) is 65.7. The Labute approximate surface area is 747 Å². The molecule has 0 bridgehead atoms. The highest BCUT2D eigenvalue weighted by atomic mass is 32.1. The maximum atomic E-state index is 12.9. The Hall–Kier alpha value is -3.97. The molecule has 0 aliphatic rings. The number of thiol groups is 13. The number of hydrogen-bond donors (Lipinski definition) is 13. The number of carbonyl (C=O) groups excluding carboxylic acids is 13. The third-order valence-electron chi connectivity index (χ3n) is 14.5. The van der Waals surface area contributed by atoms with Crippen molar-refractivity contribution in [2.24, 2.45) is 16.2 Å². The molecule has 7 unspecified atom stereocenters. The highest BCUT2D eigenvalue weighted by molar-refractivity contribution is 7.82. The summed E-state index contributed by atoms with van der Waals surface area (Å²) in [5.41, 5.74) is -7.00. The lowest BCUT2D eigenvalue weighted by Gasteiger charge is -2.35. The smallest absolute Gasteiger partial charge is 0.336 e. The van der Waals surface area contributed by atoms with Gasteiger partial charge in [-0.1, -0.05) is 48.5 Å². The molecule has 0 aliphatic heterocycles. The van der Waals surface area contributed by atoms with Gasteiger partial charge in [-0.25, -0.2) is 28.1 Å². The van der Waals surface area contributed by atoms with Crippen LogP contribution in [0.2, 0.25) is 0 Å². The Kier molecular flexibility index (Phi) is 64.6. The van der Waals surface area contributed by atoms with Gasteiger partial charge in [0, 0.05) is 71.3 Å². The lowest BCUT2D eigenvalue weighted by atomic mass is 9.90. The van der Waals surface area contributed by atoms with Crippen LogP contribution in [0.5, 0.6) is 0 Å². The Balaban J connectivity index is 0. The van der Waals surface area contributed by atoms with E-state index in [2.05, 4.69) is 164 Å². The van der Waals surface area contributed by atoms with Gasteiger partial charge in [0.2, 0.25) is 0 Å². The molecule has 0 spiro atoms. The van der Waals surface area contributed by atoms with Crippen molar-refractivity contribution in [1.29, 1.82) is 0 Å². The summed E-state index contributed by atoms with van der Waals surface area (Å²) >= 11 is 53.2. The van der Waals surface area contributed by atoms with Crippen LogP contribution in [-0.2, 0) is 148 Å². The zero-order valence-corrected chi connectivity index (χ0v) is 77.7. The molecular weight excluding hydrogens is 1780 g/mol. The van der Waals surface area contributed by atoms with Crippen LogP contribution >= 0.6 is 164 Å². The lowest BCUT2D eigenvalue weighted by Crippen LogP contribution is -2.55. The molecule has 116 heavy (non-hydrogen) atoms. The molecule has 7 atom stereocenters. The molecule has 33 nitrogen and oxygen atoms in total. The van der Waals surface area contributed by atoms with E-state index in [-0.39, 0.29) is 273 Å². The van der Waals surface area contributed by atoms with Crippen LogP contribution < -0.4 is 17.1 Å². The summed E-state index contributed by atoms with van der Waals surface area (Å²) in [4.78, 5) is 196. The number of carbonyl (C=O) groups is 13. The first-order chi connectivity index (χ1) is 54.5. The minimum Gasteiger partial charge on any atom is -0.465 e. The second-order valence-electron chi connectivity index (χ2n) is 26.8. The fraction of sp³-hybridized carbons (Fsp3) is 0.771. The summed E-state index contributed by atoms with van der Waals surface area (Å²) in [5, 5.41) is -1.63. The molecule has 0 amide bonds. The van der Waals surface area contributed by atoms with E-state index >= 15 is 0 Å². The van der Waals surface area contributed by atoms with Crippen LogP contribution in [0.1, 0.15) is 132 Å². The van der Waals surface area contributed by atoms with Crippen LogP contribution in [0.15, 0.2) is 14.4 Å². The van der Waals surface area contributed by atoms with Gasteiger partial charge in [-0.05, 0) is 0 Å². The van der Waals surface area contributed by atoms with Crippen molar-refractivity contribution in [1.82, 2.24) is 13.7 Å². The maximum Gasteiger partial charge on any atom is 0.336 e. The first kappa shape index (κ1) is 114. The van der Waals surface area contributed by atoms with Crippen LogP contribution in [-0.4, -0.2) is 262 Å². The summed E-state index contributed by atoms with van der Waals surface area (Å²) < 4.78 is 77.3. The molecule has 0 radical (unpaired) electrons. The van der Waals surface area contributed by atoms with Crippen LogP contribution in [0, 0.1) is 16.2 Å². The molecule has 0 aromatic carbocycles. The summed E-state index contributed by atoms with van der Waals surface area (Å²) in [6, 6.07) is 0. The van der Waals surface area contributed by atoms with Gasteiger partial charge in [0.25, 0.3) is 0 Å². The summed E-state index contributed by atoms with van der Waals surface area (Å²) in [6.45, 7) is 5.98. The molecule has 0 saturated heterocycles. The van der Waals surface area contributed by atoms with E-state index in [4.69, 9.17) is 66.3 Å². The highest BCUT2D eigenvalue weighted by Gasteiger charge is 2.42. The van der Waals surface area contributed by atoms with Crippen molar-refractivity contribution < 1.29 is 129 Å². The number of esters is 13. The van der Waals surface area contributed by atoms with Gasteiger partial charge in [0.05, 0.1) is 127 Å². The van der Waals surface area contributed by atoms with Crippen molar-refractivity contribution in [2.45, 2.75) is 188 Å². The van der Waals surface area contributed by atoms with E-state index in [1.54, 1.807) is 48.5 Å². The van der Waals surface area contributed by atoms with Gasteiger partial charge in [-0.3, -0.25) is 62.3 Å². The quantitative estimate of drug-likeness (QED) is 0.0230. The Morgan fingerprint density at radius 3 is 0.526 bits per heavy atom. The molecule has 1 aromatic heterocycles. The highest BCUT2D eigenvalue weighted by Crippen LogP contribution is 2.28. The van der Waals surface area contributed by atoms with Crippen molar-refractivity contribution in [3.63, 3.8) is 0 Å². The van der Waals surface area contributed by atoms with Gasteiger partial charge in [-0.2, -0.15) is 164 Å². The third kappa shape index (κ3) is 56.6. The average molecular weight is 1900 g/mol. The molecule has 1 heterocycles. The molecule has 0 N–H and O–H groups in total. The van der Waals surface area contributed by atoms with Gasteiger partial charge in [-0.15, -0.1) is 0 Å². The van der Waals surface area contributed by atoms with Crippen LogP contribution in [0.3, 0.4) is 0 Å². The first-order valence-corrected chi connectivity index (χ1v) is 43.9. The van der Waals surface area contributed by atoms with E-state index in [9.17, 15) is 76.7 Å². The SMILES string of the molecule is CC(S)CC(=O)OCC(COC(=O)CC(C)S)(COC(=O)CC(C)S)COC(=O)CC(C)S.CC(S)CC(=O)OCCn1c(=O)n(CCOC(=O)CC(C)S)c(=O)n(CCOC(=O)CC(C)S)c1=O.O=C(CCS)OCC(COCC(COC(=O)CCS)(COC(=O)CCS)COC(=O)CCS)(COC(=O)CCS)COC(=O)CCS. The molecule has 46 heteroatoms. The lowest BCUT2D eigenvalue weighted by molar-refractivity contribution is -0.177. The van der Waals surface area contributed by atoms with E-state index in [0.717, 1.165) is 13.7 Å². The number of rotatable bonds is 59. The van der Waals surface area contributed by atoms with E-state index in [1.165, 1.54) is 0 Å². The van der Waals surface area contributed by atoms with Crippen molar-refractivity contribution in [3.8, 4) is 0 Å². The van der Waals surface area contributed by atoms with Gasteiger partial charge in [0.1, 0.15) is 91.3 Å². The molecule has 0 saturated carbocycles.